The molecule has 14 heavy (non-hydrogen) atoms. The zero-order valence-corrected chi connectivity index (χ0v) is 10.9. The summed E-state index contributed by atoms with van der Waals surface area (Å²) in [4.78, 5) is 16.4. The standard InChI is InChI=1S/C10H22N2OSi/c1-7-10(13)12(3)8-9(2)11-14(4,5)6/h7,9,11H,1,8H2,2-6H3. The van der Waals surface area contributed by atoms with Gasteiger partial charge in [-0.3, -0.25) is 4.79 Å². The number of carbonyl (C=O) groups is 1. The molecule has 1 amide bonds. The van der Waals surface area contributed by atoms with Gasteiger partial charge in [0.25, 0.3) is 0 Å². The molecule has 0 bridgehead atoms. The number of hydrogen-bond donors (Lipinski definition) is 1. The fraction of sp³-hybridized carbons (Fsp3) is 0.700. The monoisotopic (exact) mass is 214 g/mol. The molecule has 0 saturated carbocycles. The Labute approximate surface area is 88.3 Å². The van der Waals surface area contributed by atoms with Gasteiger partial charge in [0.15, 0.2) is 0 Å². The minimum Gasteiger partial charge on any atom is -0.341 e. The molecule has 0 rings (SSSR count). The van der Waals surface area contributed by atoms with Crippen LogP contribution in [0, 0.1) is 0 Å². The van der Waals surface area contributed by atoms with Gasteiger partial charge < -0.3 is 9.88 Å². The third-order valence-corrected chi connectivity index (χ3v) is 3.14. The molecular weight excluding hydrogens is 192 g/mol. The van der Waals surface area contributed by atoms with Crippen molar-refractivity contribution >= 4 is 14.1 Å². The van der Waals surface area contributed by atoms with Gasteiger partial charge in [0.05, 0.1) is 0 Å². The van der Waals surface area contributed by atoms with Crippen molar-refractivity contribution in [3.63, 3.8) is 0 Å². The van der Waals surface area contributed by atoms with E-state index in [2.05, 4.69) is 38.1 Å². The third-order valence-electron chi connectivity index (χ3n) is 1.78. The minimum absolute atomic E-state index is 0.0192. The van der Waals surface area contributed by atoms with E-state index in [4.69, 9.17) is 0 Å². The fourth-order valence-corrected chi connectivity index (χ4v) is 3.01. The van der Waals surface area contributed by atoms with Crippen LogP contribution < -0.4 is 4.98 Å². The molecule has 0 aromatic carbocycles. The summed E-state index contributed by atoms with van der Waals surface area (Å²) in [6.07, 6.45) is 1.35. The average molecular weight is 214 g/mol. The third kappa shape index (κ3) is 5.94. The highest BCUT2D eigenvalue weighted by atomic mass is 28.3. The van der Waals surface area contributed by atoms with E-state index in [-0.39, 0.29) is 5.91 Å². The Bertz CT molecular complexity index is 211. The van der Waals surface area contributed by atoms with Crippen LogP contribution in [-0.4, -0.2) is 38.7 Å². The quantitative estimate of drug-likeness (QED) is 0.555. The Kier molecular flexibility index (Phi) is 5.08. The summed E-state index contributed by atoms with van der Waals surface area (Å²) >= 11 is 0. The van der Waals surface area contributed by atoms with E-state index in [0.29, 0.717) is 6.04 Å². The molecule has 0 aliphatic rings. The van der Waals surface area contributed by atoms with Crippen molar-refractivity contribution in [1.82, 2.24) is 9.88 Å². The van der Waals surface area contributed by atoms with Crippen LogP contribution in [0.2, 0.25) is 19.6 Å². The van der Waals surface area contributed by atoms with Gasteiger partial charge in [-0.15, -0.1) is 0 Å². The number of rotatable bonds is 5. The maximum absolute atomic E-state index is 11.2. The number of nitrogens with zero attached hydrogens (tertiary/aromatic N) is 1. The predicted molar refractivity (Wildman–Crippen MR) is 63.8 cm³/mol. The smallest absolute Gasteiger partial charge is 0.245 e. The van der Waals surface area contributed by atoms with Crippen LogP contribution in [0.1, 0.15) is 6.92 Å². The van der Waals surface area contributed by atoms with Gasteiger partial charge in [-0.2, -0.15) is 0 Å². The summed E-state index contributed by atoms with van der Waals surface area (Å²) in [5.41, 5.74) is 0. The van der Waals surface area contributed by atoms with E-state index in [1.54, 1.807) is 11.9 Å². The van der Waals surface area contributed by atoms with Crippen LogP contribution in [0.25, 0.3) is 0 Å². The van der Waals surface area contributed by atoms with Crippen molar-refractivity contribution in [3.05, 3.63) is 12.7 Å². The molecule has 3 nitrogen and oxygen atoms in total. The lowest BCUT2D eigenvalue weighted by atomic mass is 10.3. The summed E-state index contributed by atoms with van der Waals surface area (Å²) in [6.45, 7) is 13.0. The second kappa shape index (κ2) is 5.31. The minimum atomic E-state index is -1.25. The first-order valence-electron chi connectivity index (χ1n) is 4.91. The highest BCUT2D eigenvalue weighted by molar-refractivity contribution is 6.73. The van der Waals surface area contributed by atoms with E-state index in [1.807, 2.05) is 0 Å². The Morgan fingerprint density at radius 2 is 2.07 bits per heavy atom. The molecular formula is C10H22N2OSi. The predicted octanol–water partition coefficient (Wildman–Crippen LogP) is 1.44. The van der Waals surface area contributed by atoms with Crippen molar-refractivity contribution in [3.8, 4) is 0 Å². The van der Waals surface area contributed by atoms with E-state index in [1.165, 1.54) is 6.08 Å². The molecule has 0 aliphatic carbocycles. The van der Waals surface area contributed by atoms with Crippen LogP contribution in [0.5, 0.6) is 0 Å². The average Bonchev–Trinajstić information content (AvgIpc) is 1.99. The Morgan fingerprint density at radius 3 is 2.43 bits per heavy atom. The summed E-state index contributed by atoms with van der Waals surface area (Å²) < 4.78 is 0. The molecule has 1 atom stereocenters. The number of carbonyl (C=O) groups excluding carboxylic acids is 1. The van der Waals surface area contributed by atoms with Crippen LogP contribution in [0.4, 0.5) is 0 Å². The van der Waals surface area contributed by atoms with Gasteiger partial charge in [-0.25, -0.2) is 0 Å². The number of hydrogen-bond acceptors (Lipinski definition) is 2. The Balaban J connectivity index is 4.00. The first kappa shape index (κ1) is 13.4. The first-order chi connectivity index (χ1) is 6.26. The van der Waals surface area contributed by atoms with Crippen molar-refractivity contribution in [1.29, 1.82) is 0 Å². The van der Waals surface area contributed by atoms with E-state index in [9.17, 15) is 4.79 Å². The molecule has 0 saturated heterocycles. The highest BCUT2D eigenvalue weighted by Gasteiger charge is 2.17. The van der Waals surface area contributed by atoms with Gasteiger partial charge >= 0.3 is 0 Å². The fourth-order valence-electron chi connectivity index (χ4n) is 1.44. The molecule has 1 unspecified atom stereocenters. The van der Waals surface area contributed by atoms with Crippen molar-refractivity contribution in [2.75, 3.05) is 13.6 Å². The lowest BCUT2D eigenvalue weighted by molar-refractivity contribution is -0.125. The molecule has 0 heterocycles. The highest BCUT2D eigenvalue weighted by Crippen LogP contribution is 1.99. The molecule has 1 N–H and O–H groups in total. The van der Waals surface area contributed by atoms with Gasteiger partial charge in [-0.1, -0.05) is 26.2 Å². The summed E-state index contributed by atoms with van der Waals surface area (Å²) in [6, 6.07) is 0.343. The molecule has 0 aliphatic heterocycles. The summed E-state index contributed by atoms with van der Waals surface area (Å²) in [5, 5.41) is 0. The van der Waals surface area contributed by atoms with E-state index >= 15 is 0 Å². The van der Waals surface area contributed by atoms with Gasteiger partial charge in [-0.05, 0) is 13.0 Å². The Hall–Kier alpha value is -0.613. The van der Waals surface area contributed by atoms with Gasteiger partial charge in [0.1, 0.15) is 8.24 Å². The van der Waals surface area contributed by atoms with Gasteiger partial charge in [0.2, 0.25) is 5.91 Å². The molecule has 4 heteroatoms. The zero-order chi connectivity index (χ0) is 11.4. The largest absolute Gasteiger partial charge is 0.341 e. The van der Waals surface area contributed by atoms with E-state index < -0.39 is 8.24 Å². The molecule has 82 valence electrons. The normalized spacial score (nSPS) is 13.5. The molecule has 0 spiro atoms. The second-order valence-electron chi connectivity index (χ2n) is 4.72. The number of likely N-dealkylation sites (N-methyl/N-ethyl adjacent to an activating group) is 1. The number of nitrogens with one attached hydrogen (secondary N) is 1. The van der Waals surface area contributed by atoms with Crippen LogP contribution in [0.15, 0.2) is 12.7 Å². The lowest BCUT2D eigenvalue weighted by Gasteiger charge is -2.27. The SMILES string of the molecule is C=CC(=O)N(C)CC(C)N[Si](C)(C)C. The molecule has 0 aromatic rings. The second-order valence-corrected chi connectivity index (χ2v) is 9.51. The van der Waals surface area contributed by atoms with Crippen molar-refractivity contribution < 1.29 is 4.79 Å². The van der Waals surface area contributed by atoms with Crippen molar-refractivity contribution in [2.24, 2.45) is 0 Å². The maximum Gasteiger partial charge on any atom is 0.245 e. The summed E-state index contributed by atoms with van der Waals surface area (Å²) in [5.74, 6) is -0.0192. The summed E-state index contributed by atoms with van der Waals surface area (Å²) in [7, 11) is 0.552. The number of amides is 1. The first-order valence-corrected chi connectivity index (χ1v) is 8.41. The van der Waals surface area contributed by atoms with Crippen LogP contribution in [-0.2, 0) is 4.79 Å². The lowest BCUT2D eigenvalue weighted by Crippen LogP contribution is -2.51. The molecule has 0 fully saturated rings. The molecule has 0 radical (unpaired) electrons. The van der Waals surface area contributed by atoms with E-state index in [0.717, 1.165) is 6.54 Å². The van der Waals surface area contributed by atoms with Crippen LogP contribution in [0.3, 0.4) is 0 Å². The maximum atomic E-state index is 11.2. The molecule has 0 aromatic heterocycles. The van der Waals surface area contributed by atoms with Gasteiger partial charge in [0, 0.05) is 19.6 Å². The zero-order valence-electron chi connectivity index (χ0n) is 9.92. The van der Waals surface area contributed by atoms with Crippen LogP contribution >= 0.6 is 0 Å². The topological polar surface area (TPSA) is 32.3 Å². The van der Waals surface area contributed by atoms with Crippen molar-refractivity contribution in [2.45, 2.75) is 32.6 Å². The Morgan fingerprint density at radius 1 is 1.57 bits per heavy atom.